The fourth-order valence-corrected chi connectivity index (χ4v) is 3.76. The lowest BCUT2D eigenvalue weighted by Gasteiger charge is -2.09. The van der Waals surface area contributed by atoms with E-state index in [4.69, 9.17) is 44.7 Å². The first kappa shape index (κ1) is 20.0. The molecule has 0 atom stereocenters. The minimum absolute atomic E-state index is 0.0330. The van der Waals surface area contributed by atoms with Gasteiger partial charge < -0.3 is 10.1 Å². The quantitative estimate of drug-likeness (QED) is 0.544. The Bertz CT molecular complexity index is 943. The van der Waals surface area contributed by atoms with Gasteiger partial charge in [-0.15, -0.1) is 11.3 Å². The average molecular weight is 444 g/mol. The fourth-order valence-electron chi connectivity index (χ4n) is 1.59. The van der Waals surface area contributed by atoms with Crippen LogP contribution in [0.5, 0.6) is 0 Å². The summed E-state index contributed by atoms with van der Waals surface area (Å²) in [7, 11) is -3.91. The van der Waals surface area contributed by atoms with Gasteiger partial charge in [-0.1, -0.05) is 34.8 Å². The molecule has 0 spiro atoms. The number of hydrogen-bond acceptors (Lipinski definition) is 6. The van der Waals surface area contributed by atoms with E-state index >= 15 is 0 Å². The minimum Gasteiger partial charge on any atom is -0.452 e. The molecule has 0 aliphatic heterocycles. The zero-order valence-corrected chi connectivity index (χ0v) is 16.0. The van der Waals surface area contributed by atoms with Gasteiger partial charge in [0.2, 0.25) is 10.0 Å². The zero-order valence-electron chi connectivity index (χ0n) is 12.1. The Labute approximate surface area is 161 Å². The van der Waals surface area contributed by atoms with E-state index in [2.05, 4.69) is 5.32 Å². The van der Waals surface area contributed by atoms with Gasteiger partial charge in [-0.3, -0.25) is 4.79 Å². The lowest BCUT2D eigenvalue weighted by Crippen LogP contribution is -2.21. The van der Waals surface area contributed by atoms with Crippen molar-refractivity contribution in [2.24, 2.45) is 5.14 Å². The van der Waals surface area contributed by atoms with E-state index in [1.54, 1.807) is 0 Å². The molecular weight excluding hydrogens is 435 g/mol. The van der Waals surface area contributed by atoms with Crippen LogP contribution in [0.3, 0.4) is 0 Å². The molecular formula is C13H9Cl3N2O5S2. The summed E-state index contributed by atoms with van der Waals surface area (Å²) in [5, 5.41) is 9.18. The lowest BCUT2D eigenvalue weighted by molar-refractivity contribution is -0.119. The van der Waals surface area contributed by atoms with Crippen molar-refractivity contribution < 1.29 is 22.7 Å². The molecule has 134 valence electrons. The van der Waals surface area contributed by atoms with Crippen LogP contribution in [0.1, 0.15) is 10.4 Å². The van der Waals surface area contributed by atoms with Crippen LogP contribution in [-0.4, -0.2) is 26.9 Å². The van der Waals surface area contributed by atoms with Gasteiger partial charge in [-0.05, 0) is 18.2 Å². The van der Waals surface area contributed by atoms with Gasteiger partial charge in [0.1, 0.15) is 4.21 Å². The molecule has 0 aliphatic rings. The van der Waals surface area contributed by atoms with E-state index in [0.717, 1.165) is 17.4 Å². The van der Waals surface area contributed by atoms with Crippen molar-refractivity contribution in [3.05, 3.63) is 44.2 Å². The number of nitrogens with two attached hydrogens (primary N) is 1. The predicted molar refractivity (Wildman–Crippen MR) is 96.1 cm³/mol. The first-order valence-electron chi connectivity index (χ1n) is 6.31. The number of primary sulfonamides is 1. The molecule has 0 saturated heterocycles. The monoisotopic (exact) mass is 442 g/mol. The number of sulfonamides is 1. The summed E-state index contributed by atoms with van der Waals surface area (Å²) in [6.45, 7) is -0.615. The van der Waals surface area contributed by atoms with Crippen molar-refractivity contribution in [1.82, 2.24) is 0 Å². The van der Waals surface area contributed by atoms with Gasteiger partial charge in [-0.25, -0.2) is 18.4 Å². The number of hydrogen-bond donors (Lipinski definition) is 2. The van der Waals surface area contributed by atoms with Crippen LogP contribution in [0.25, 0.3) is 0 Å². The Kier molecular flexibility index (Phi) is 6.30. The molecule has 3 N–H and O–H groups in total. The third kappa shape index (κ3) is 5.30. The second kappa shape index (κ2) is 7.90. The summed E-state index contributed by atoms with van der Waals surface area (Å²) in [5.41, 5.74) is 0.165. The van der Waals surface area contributed by atoms with Crippen molar-refractivity contribution in [3.8, 4) is 0 Å². The SMILES string of the molecule is NS(=O)(=O)c1cc(C(=O)OCC(=O)Nc2cc(Cl)c(Cl)cc2Cl)cs1. The van der Waals surface area contributed by atoms with Gasteiger partial charge in [0.25, 0.3) is 5.91 Å². The van der Waals surface area contributed by atoms with Crippen molar-refractivity contribution in [2.75, 3.05) is 11.9 Å². The lowest BCUT2D eigenvalue weighted by atomic mass is 10.3. The third-order valence-electron chi connectivity index (χ3n) is 2.71. The van der Waals surface area contributed by atoms with E-state index in [-0.39, 0.29) is 30.5 Å². The second-order valence-corrected chi connectivity index (χ2v) is 8.49. The highest BCUT2D eigenvalue weighted by molar-refractivity contribution is 7.91. The number of anilines is 1. The molecule has 0 unspecified atom stereocenters. The van der Waals surface area contributed by atoms with Gasteiger partial charge in [-0.2, -0.15) is 0 Å². The number of amides is 1. The topological polar surface area (TPSA) is 116 Å². The van der Waals surface area contributed by atoms with E-state index < -0.39 is 28.5 Å². The maximum Gasteiger partial charge on any atom is 0.339 e. The van der Waals surface area contributed by atoms with Crippen molar-refractivity contribution in [2.45, 2.75) is 4.21 Å². The Morgan fingerprint density at radius 2 is 1.76 bits per heavy atom. The highest BCUT2D eigenvalue weighted by atomic mass is 35.5. The number of ether oxygens (including phenoxy) is 1. The van der Waals surface area contributed by atoms with Gasteiger partial charge in [0.15, 0.2) is 6.61 Å². The number of benzene rings is 1. The maximum atomic E-state index is 11.8. The summed E-state index contributed by atoms with van der Waals surface area (Å²) < 4.78 is 26.9. The third-order valence-corrected chi connectivity index (χ3v) is 6.13. The molecule has 0 radical (unpaired) electrons. The van der Waals surface area contributed by atoms with Crippen molar-refractivity contribution >= 4 is 73.7 Å². The molecule has 1 amide bonds. The summed E-state index contributed by atoms with van der Waals surface area (Å²) >= 11 is 18.3. The molecule has 0 fully saturated rings. The number of halogens is 3. The molecule has 12 heteroatoms. The molecule has 1 aromatic heterocycles. The molecule has 0 saturated carbocycles. The summed E-state index contributed by atoms with van der Waals surface area (Å²) in [4.78, 5) is 23.6. The van der Waals surface area contributed by atoms with Crippen LogP contribution in [0.4, 0.5) is 5.69 Å². The second-order valence-electron chi connectivity index (χ2n) is 4.57. The predicted octanol–water partition coefficient (Wildman–Crippen LogP) is 3.15. The van der Waals surface area contributed by atoms with E-state index in [0.29, 0.717) is 0 Å². The maximum absolute atomic E-state index is 11.8. The van der Waals surface area contributed by atoms with Crippen LogP contribution in [0.15, 0.2) is 27.8 Å². The van der Waals surface area contributed by atoms with Gasteiger partial charge in [0.05, 0.1) is 26.3 Å². The van der Waals surface area contributed by atoms with E-state index in [9.17, 15) is 18.0 Å². The highest BCUT2D eigenvalue weighted by Crippen LogP contribution is 2.32. The van der Waals surface area contributed by atoms with Gasteiger partial charge >= 0.3 is 5.97 Å². The zero-order chi connectivity index (χ0) is 18.8. The summed E-state index contributed by atoms with van der Waals surface area (Å²) in [6.07, 6.45) is 0. The number of nitrogens with one attached hydrogen (secondary N) is 1. The van der Waals surface area contributed by atoms with Crippen molar-refractivity contribution in [1.29, 1.82) is 0 Å². The van der Waals surface area contributed by atoms with Crippen LogP contribution in [-0.2, 0) is 19.6 Å². The molecule has 25 heavy (non-hydrogen) atoms. The smallest absolute Gasteiger partial charge is 0.339 e. The number of esters is 1. The standard InChI is InChI=1S/C13H9Cl3N2O5S2/c14-7-2-9(16)10(3-8(7)15)18-11(19)4-23-13(20)6-1-12(24-5-6)25(17,21)22/h1-3,5H,4H2,(H,18,19)(H2,17,21,22). The largest absolute Gasteiger partial charge is 0.452 e. The normalized spacial score (nSPS) is 11.2. The Balaban J connectivity index is 1.97. The summed E-state index contributed by atoms with van der Waals surface area (Å²) in [6, 6.07) is 3.77. The van der Waals surface area contributed by atoms with Crippen LogP contribution in [0.2, 0.25) is 15.1 Å². The molecule has 7 nitrogen and oxygen atoms in total. The Morgan fingerprint density at radius 1 is 1.12 bits per heavy atom. The molecule has 2 rings (SSSR count). The number of carbonyl (C=O) groups excluding carboxylic acids is 2. The first-order chi connectivity index (χ1) is 11.6. The number of thiophene rings is 1. The Hall–Kier alpha value is -1.36. The molecule has 0 bridgehead atoms. The highest BCUT2D eigenvalue weighted by Gasteiger charge is 2.17. The minimum atomic E-state index is -3.91. The van der Waals surface area contributed by atoms with Crippen LogP contribution >= 0.6 is 46.1 Å². The Morgan fingerprint density at radius 3 is 2.36 bits per heavy atom. The van der Waals surface area contributed by atoms with Crippen molar-refractivity contribution in [3.63, 3.8) is 0 Å². The number of rotatable bonds is 5. The average Bonchev–Trinajstić information content (AvgIpc) is 3.00. The molecule has 1 aromatic carbocycles. The molecule has 2 aromatic rings. The fraction of sp³-hybridized carbons (Fsp3) is 0.0769. The molecule has 1 heterocycles. The first-order valence-corrected chi connectivity index (χ1v) is 9.87. The van der Waals surface area contributed by atoms with E-state index in [1.165, 1.54) is 17.5 Å². The van der Waals surface area contributed by atoms with Gasteiger partial charge in [0, 0.05) is 5.38 Å². The van der Waals surface area contributed by atoms with Crippen LogP contribution < -0.4 is 10.5 Å². The van der Waals surface area contributed by atoms with E-state index in [1.807, 2.05) is 0 Å². The summed E-state index contributed by atoms with van der Waals surface area (Å²) in [5.74, 6) is -1.54. The molecule has 0 aliphatic carbocycles. The van der Waals surface area contributed by atoms with Crippen LogP contribution in [0, 0.1) is 0 Å². The number of carbonyl (C=O) groups is 2.